The largest absolute Gasteiger partial charge is 0.329 e. The van der Waals surface area contributed by atoms with E-state index >= 15 is 0 Å². The van der Waals surface area contributed by atoms with Crippen molar-refractivity contribution < 1.29 is 9.18 Å². The molecule has 0 aromatic heterocycles. The zero-order valence-electron chi connectivity index (χ0n) is 10.9. The number of hydrogen-bond acceptors (Lipinski definition) is 2. The van der Waals surface area contributed by atoms with Crippen LogP contribution in [-0.4, -0.2) is 12.3 Å². The lowest BCUT2D eigenvalue weighted by Gasteiger charge is -2.14. The Morgan fingerprint density at radius 2 is 1.90 bits per heavy atom. The van der Waals surface area contributed by atoms with Gasteiger partial charge in [-0.15, -0.1) is 0 Å². The number of Topliss-reactive ketones (excluding diaryl/α,β-unsaturated/α-hetero) is 1. The number of carbonyl (C=O) groups excluding carboxylic acids is 1. The van der Waals surface area contributed by atoms with Gasteiger partial charge in [0.15, 0.2) is 0 Å². The van der Waals surface area contributed by atoms with Gasteiger partial charge in [0, 0.05) is 17.4 Å². The Bertz CT molecular complexity index is 601. The smallest absolute Gasteiger partial charge is 0.146 e. The fourth-order valence-electron chi connectivity index (χ4n) is 2.11. The molecular weight excluding hydrogens is 321 g/mol. The molecule has 104 valence electrons. The number of carbonyl (C=O) groups is 1. The van der Waals surface area contributed by atoms with Crippen molar-refractivity contribution in [3.8, 4) is 0 Å². The molecular formula is C16H15BrFNO. The summed E-state index contributed by atoms with van der Waals surface area (Å²) in [6, 6.07) is 13.8. The van der Waals surface area contributed by atoms with Crippen molar-refractivity contribution >= 4 is 21.7 Å². The molecule has 2 nitrogen and oxygen atoms in total. The van der Waals surface area contributed by atoms with E-state index in [1.54, 1.807) is 6.07 Å². The van der Waals surface area contributed by atoms with Crippen LogP contribution in [-0.2, 0) is 11.2 Å². The van der Waals surface area contributed by atoms with E-state index in [0.717, 1.165) is 11.1 Å². The van der Waals surface area contributed by atoms with Crippen molar-refractivity contribution in [1.29, 1.82) is 0 Å². The van der Waals surface area contributed by atoms with Crippen LogP contribution in [0.15, 0.2) is 53.0 Å². The molecule has 1 atom stereocenters. The summed E-state index contributed by atoms with van der Waals surface area (Å²) >= 11 is 3.28. The van der Waals surface area contributed by atoms with Gasteiger partial charge in [-0.1, -0.05) is 52.3 Å². The maximum atomic E-state index is 13.0. The number of rotatable bonds is 5. The number of nitrogens with two attached hydrogens (primary N) is 1. The quantitative estimate of drug-likeness (QED) is 0.909. The predicted molar refractivity (Wildman–Crippen MR) is 81.0 cm³/mol. The maximum Gasteiger partial charge on any atom is 0.146 e. The molecule has 20 heavy (non-hydrogen) atoms. The van der Waals surface area contributed by atoms with Crippen molar-refractivity contribution in [1.82, 2.24) is 0 Å². The first-order valence-corrected chi connectivity index (χ1v) is 7.12. The third-order valence-corrected chi connectivity index (χ3v) is 3.94. The van der Waals surface area contributed by atoms with E-state index in [0.29, 0.717) is 4.47 Å². The average Bonchev–Trinajstić information content (AvgIpc) is 2.44. The van der Waals surface area contributed by atoms with Gasteiger partial charge in [-0.25, -0.2) is 4.39 Å². The van der Waals surface area contributed by atoms with Gasteiger partial charge >= 0.3 is 0 Å². The Balaban J connectivity index is 2.18. The first kappa shape index (κ1) is 14.9. The summed E-state index contributed by atoms with van der Waals surface area (Å²) < 4.78 is 13.6. The van der Waals surface area contributed by atoms with Crippen LogP contribution >= 0.6 is 15.9 Å². The van der Waals surface area contributed by atoms with Crippen LogP contribution in [0.2, 0.25) is 0 Å². The Labute approximate surface area is 125 Å². The highest BCUT2D eigenvalue weighted by Gasteiger charge is 2.19. The lowest BCUT2D eigenvalue weighted by atomic mass is 9.91. The van der Waals surface area contributed by atoms with Gasteiger partial charge < -0.3 is 5.73 Å². The molecule has 0 aliphatic rings. The van der Waals surface area contributed by atoms with E-state index in [1.807, 2.05) is 30.3 Å². The molecule has 0 aliphatic carbocycles. The first-order valence-electron chi connectivity index (χ1n) is 6.33. The Morgan fingerprint density at radius 1 is 1.20 bits per heavy atom. The Hall–Kier alpha value is -1.52. The molecule has 0 amide bonds. The van der Waals surface area contributed by atoms with Crippen molar-refractivity contribution in [2.75, 3.05) is 6.54 Å². The molecule has 0 aliphatic heterocycles. The highest BCUT2D eigenvalue weighted by Crippen LogP contribution is 2.22. The summed E-state index contributed by atoms with van der Waals surface area (Å²) in [5.41, 5.74) is 7.41. The summed E-state index contributed by atoms with van der Waals surface area (Å²) in [6.45, 7) is 0.266. The standard InChI is InChI=1S/C16H15BrFNO/c17-15-9-13(18)7-6-12(15)8-16(20)14(10-19)11-4-2-1-3-5-11/h1-7,9,14H,8,10,19H2. The number of hydrogen-bond donors (Lipinski definition) is 1. The summed E-state index contributed by atoms with van der Waals surface area (Å²) in [6.07, 6.45) is 0.234. The summed E-state index contributed by atoms with van der Waals surface area (Å²) in [4.78, 5) is 12.4. The minimum absolute atomic E-state index is 0.0333. The van der Waals surface area contributed by atoms with E-state index in [4.69, 9.17) is 5.73 Å². The number of benzene rings is 2. The third kappa shape index (κ3) is 3.52. The second kappa shape index (κ2) is 6.77. The predicted octanol–water partition coefficient (Wildman–Crippen LogP) is 3.44. The van der Waals surface area contributed by atoms with Gasteiger partial charge in [-0.3, -0.25) is 4.79 Å². The number of halogens is 2. The van der Waals surface area contributed by atoms with Crippen LogP contribution < -0.4 is 5.73 Å². The fraction of sp³-hybridized carbons (Fsp3) is 0.188. The van der Waals surface area contributed by atoms with E-state index < -0.39 is 0 Å². The Morgan fingerprint density at radius 3 is 2.50 bits per heavy atom. The number of ketones is 1. The third-order valence-electron chi connectivity index (χ3n) is 3.21. The van der Waals surface area contributed by atoms with E-state index in [2.05, 4.69) is 15.9 Å². The monoisotopic (exact) mass is 335 g/mol. The topological polar surface area (TPSA) is 43.1 Å². The highest BCUT2D eigenvalue weighted by molar-refractivity contribution is 9.10. The van der Waals surface area contributed by atoms with Crippen LogP contribution in [0.1, 0.15) is 17.0 Å². The van der Waals surface area contributed by atoms with Crippen LogP contribution in [0.4, 0.5) is 4.39 Å². The lowest BCUT2D eigenvalue weighted by molar-refractivity contribution is -0.119. The molecule has 2 rings (SSSR count). The fourth-order valence-corrected chi connectivity index (χ4v) is 2.61. The minimum Gasteiger partial charge on any atom is -0.329 e. The van der Waals surface area contributed by atoms with Crippen LogP contribution in [0.25, 0.3) is 0 Å². The molecule has 2 aromatic carbocycles. The molecule has 1 unspecified atom stereocenters. The van der Waals surface area contributed by atoms with Crippen LogP contribution in [0, 0.1) is 5.82 Å². The molecule has 0 heterocycles. The van der Waals surface area contributed by atoms with Gasteiger partial charge in [0.05, 0.1) is 5.92 Å². The SMILES string of the molecule is NCC(C(=O)Cc1ccc(F)cc1Br)c1ccccc1. The zero-order valence-corrected chi connectivity index (χ0v) is 12.4. The molecule has 0 radical (unpaired) electrons. The van der Waals surface area contributed by atoms with Crippen LogP contribution in [0.5, 0.6) is 0 Å². The van der Waals surface area contributed by atoms with Gasteiger partial charge in [0.2, 0.25) is 0 Å². The van der Waals surface area contributed by atoms with E-state index in [9.17, 15) is 9.18 Å². The normalized spacial score (nSPS) is 12.2. The molecule has 0 saturated heterocycles. The summed E-state index contributed by atoms with van der Waals surface area (Å²) in [5, 5.41) is 0. The maximum absolute atomic E-state index is 13.0. The Kier molecular flexibility index (Phi) is 5.04. The first-order chi connectivity index (χ1) is 9.61. The lowest BCUT2D eigenvalue weighted by Crippen LogP contribution is -2.23. The van der Waals surface area contributed by atoms with Crippen molar-refractivity contribution in [3.63, 3.8) is 0 Å². The molecule has 0 fully saturated rings. The van der Waals surface area contributed by atoms with E-state index in [-0.39, 0.29) is 30.5 Å². The highest BCUT2D eigenvalue weighted by atomic mass is 79.9. The molecule has 2 N–H and O–H groups in total. The van der Waals surface area contributed by atoms with Crippen LogP contribution in [0.3, 0.4) is 0 Å². The molecule has 0 spiro atoms. The molecule has 2 aromatic rings. The molecule has 0 saturated carbocycles. The van der Waals surface area contributed by atoms with Gasteiger partial charge in [0.25, 0.3) is 0 Å². The van der Waals surface area contributed by atoms with E-state index in [1.165, 1.54) is 12.1 Å². The van der Waals surface area contributed by atoms with Crippen molar-refractivity contribution in [3.05, 3.63) is 69.9 Å². The van der Waals surface area contributed by atoms with Gasteiger partial charge in [0.1, 0.15) is 11.6 Å². The van der Waals surface area contributed by atoms with Crippen molar-refractivity contribution in [2.24, 2.45) is 5.73 Å². The summed E-state index contributed by atoms with van der Waals surface area (Å²) in [7, 11) is 0. The molecule has 4 heteroatoms. The van der Waals surface area contributed by atoms with Crippen molar-refractivity contribution in [2.45, 2.75) is 12.3 Å². The minimum atomic E-state index is -0.327. The molecule has 0 bridgehead atoms. The second-order valence-electron chi connectivity index (χ2n) is 4.58. The summed E-state index contributed by atoms with van der Waals surface area (Å²) in [5.74, 6) is -0.620. The second-order valence-corrected chi connectivity index (χ2v) is 5.43. The average molecular weight is 336 g/mol. The van der Waals surface area contributed by atoms with Gasteiger partial charge in [-0.2, -0.15) is 0 Å². The van der Waals surface area contributed by atoms with Gasteiger partial charge in [-0.05, 0) is 23.3 Å². The zero-order chi connectivity index (χ0) is 14.5.